The number of ether oxygens (including phenoxy) is 1. The number of aryl methyl sites for hydroxylation is 1. The molecule has 0 amide bonds. The van der Waals surface area contributed by atoms with Crippen LogP contribution in [0.4, 0.5) is 0 Å². The first-order chi connectivity index (χ1) is 11.0. The van der Waals surface area contributed by atoms with Crippen molar-refractivity contribution in [1.82, 2.24) is 4.90 Å². The molecule has 0 saturated carbocycles. The van der Waals surface area contributed by atoms with Crippen molar-refractivity contribution in [2.45, 2.75) is 26.0 Å². The smallest absolute Gasteiger partial charge is 0.138 e. The molecule has 2 aromatic carbocycles. The van der Waals surface area contributed by atoms with Gasteiger partial charge in [-0.15, -0.1) is 0 Å². The predicted molar refractivity (Wildman–Crippen MR) is 95.2 cm³/mol. The van der Waals surface area contributed by atoms with Gasteiger partial charge in [-0.1, -0.05) is 53.6 Å². The highest BCUT2D eigenvalue weighted by Crippen LogP contribution is 2.23. The molecule has 23 heavy (non-hydrogen) atoms. The molecular formula is C19H24ClNO2. The number of hydrogen-bond donors (Lipinski definition) is 1. The zero-order valence-corrected chi connectivity index (χ0v) is 14.6. The monoisotopic (exact) mass is 333 g/mol. The minimum absolute atomic E-state index is 0.217. The summed E-state index contributed by atoms with van der Waals surface area (Å²) in [5.74, 6) is 0.599. The van der Waals surface area contributed by atoms with Crippen molar-refractivity contribution in [2.75, 3.05) is 20.2 Å². The summed E-state index contributed by atoms with van der Waals surface area (Å²) in [6.45, 7) is 4.95. The summed E-state index contributed by atoms with van der Waals surface area (Å²) in [5, 5.41) is 10.8. The summed E-state index contributed by atoms with van der Waals surface area (Å²) >= 11 is 6.04. The molecular weight excluding hydrogens is 310 g/mol. The minimum atomic E-state index is -0.579. The Morgan fingerprint density at radius 2 is 1.78 bits per heavy atom. The van der Waals surface area contributed by atoms with E-state index in [9.17, 15) is 5.11 Å². The Hall–Kier alpha value is -1.55. The van der Waals surface area contributed by atoms with Crippen LogP contribution in [0.1, 0.15) is 24.1 Å². The number of rotatable bonds is 7. The van der Waals surface area contributed by atoms with Crippen molar-refractivity contribution in [2.24, 2.45) is 0 Å². The molecule has 0 aliphatic heterocycles. The first-order valence-corrected chi connectivity index (χ1v) is 8.17. The lowest BCUT2D eigenvalue weighted by Crippen LogP contribution is -2.34. The molecule has 1 N–H and O–H groups in total. The maximum atomic E-state index is 10.2. The fourth-order valence-electron chi connectivity index (χ4n) is 2.39. The van der Waals surface area contributed by atoms with E-state index < -0.39 is 6.10 Å². The molecule has 0 saturated heterocycles. The Morgan fingerprint density at radius 3 is 2.43 bits per heavy atom. The molecule has 2 unspecified atom stereocenters. The molecule has 124 valence electrons. The minimum Gasteiger partial charge on any atom is -0.489 e. The normalized spacial score (nSPS) is 13.8. The third-order valence-corrected chi connectivity index (χ3v) is 4.30. The fourth-order valence-corrected chi connectivity index (χ4v) is 2.58. The van der Waals surface area contributed by atoms with Crippen LogP contribution in [0.25, 0.3) is 0 Å². The Kier molecular flexibility index (Phi) is 6.46. The SMILES string of the molecule is Cc1ccc(C(C)N(C)CC(O)COc2ccccc2Cl)cc1. The van der Waals surface area contributed by atoms with E-state index in [4.69, 9.17) is 16.3 Å². The second-order valence-corrected chi connectivity index (χ2v) is 6.33. The molecule has 0 aliphatic rings. The molecule has 0 radical (unpaired) electrons. The van der Waals surface area contributed by atoms with Crippen LogP contribution in [-0.2, 0) is 0 Å². The quantitative estimate of drug-likeness (QED) is 0.828. The summed E-state index contributed by atoms with van der Waals surface area (Å²) in [6.07, 6.45) is -0.579. The van der Waals surface area contributed by atoms with E-state index in [-0.39, 0.29) is 12.6 Å². The molecule has 2 aromatic rings. The third-order valence-electron chi connectivity index (χ3n) is 3.99. The number of aliphatic hydroxyl groups excluding tert-OH is 1. The highest BCUT2D eigenvalue weighted by molar-refractivity contribution is 6.32. The number of likely N-dealkylation sites (N-methyl/N-ethyl adjacent to an activating group) is 1. The van der Waals surface area contributed by atoms with Gasteiger partial charge in [0, 0.05) is 12.6 Å². The van der Waals surface area contributed by atoms with Gasteiger partial charge in [-0.2, -0.15) is 0 Å². The van der Waals surface area contributed by atoms with E-state index in [0.29, 0.717) is 17.3 Å². The van der Waals surface area contributed by atoms with Gasteiger partial charge in [0.2, 0.25) is 0 Å². The van der Waals surface area contributed by atoms with Gasteiger partial charge >= 0.3 is 0 Å². The lowest BCUT2D eigenvalue weighted by Gasteiger charge is -2.27. The van der Waals surface area contributed by atoms with Crippen LogP contribution in [0.5, 0.6) is 5.75 Å². The van der Waals surface area contributed by atoms with Crippen molar-refractivity contribution < 1.29 is 9.84 Å². The molecule has 0 spiro atoms. The van der Waals surface area contributed by atoms with Gasteiger partial charge in [-0.3, -0.25) is 4.90 Å². The maximum Gasteiger partial charge on any atom is 0.138 e. The topological polar surface area (TPSA) is 32.7 Å². The maximum absolute atomic E-state index is 10.2. The largest absolute Gasteiger partial charge is 0.489 e. The first-order valence-electron chi connectivity index (χ1n) is 7.79. The summed E-state index contributed by atoms with van der Waals surface area (Å²) in [5.41, 5.74) is 2.48. The standard InChI is InChI=1S/C19H24ClNO2/c1-14-8-10-16(11-9-14)15(2)21(3)12-17(22)13-23-19-7-5-4-6-18(19)20/h4-11,15,17,22H,12-13H2,1-3H3. The Labute approximate surface area is 143 Å². The van der Waals surface area contributed by atoms with Gasteiger partial charge in [0.05, 0.1) is 5.02 Å². The molecule has 2 rings (SSSR count). The molecule has 4 heteroatoms. The summed E-state index contributed by atoms with van der Waals surface area (Å²) in [6, 6.07) is 16.0. The van der Waals surface area contributed by atoms with Crippen molar-refractivity contribution in [1.29, 1.82) is 0 Å². The van der Waals surface area contributed by atoms with E-state index in [1.165, 1.54) is 11.1 Å². The van der Waals surface area contributed by atoms with Gasteiger partial charge in [-0.25, -0.2) is 0 Å². The van der Waals surface area contributed by atoms with E-state index in [0.717, 1.165) is 0 Å². The number of hydrogen-bond acceptors (Lipinski definition) is 3. The Balaban J connectivity index is 1.85. The van der Waals surface area contributed by atoms with Gasteiger partial charge in [0.15, 0.2) is 0 Å². The zero-order chi connectivity index (χ0) is 16.8. The van der Waals surface area contributed by atoms with Crippen LogP contribution >= 0.6 is 11.6 Å². The molecule has 0 fully saturated rings. The van der Waals surface area contributed by atoms with Crippen LogP contribution < -0.4 is 4.74 Å². The number of halogens is 1. The zero-order valence-electron chi connectivity index (χ0n) is 13.9. The summed E-state index contributed by atoms with van der Waals surface area (Å²) in [4.78, 5) is 2.12. The number of nitrogens with zero attached hydrogens (tertiary/aromatic N) is 1. The Morgan fingerprint density at radius 1 is 1.13 bits per heavy atom. The summed E-state index contributed by atoms with van der Waals surface area (Å²) < 4.78 is 5.59. The first kappa shape index (κ1) is 17.8. The lowest BCUT2D eigenvalue weighted by atomic mass is 10.1. The average molecular weight is 334 g/mol. The third kappa shape index (κ3) is 5.24. The van der Waals surface area contributed by atoms with Crippen molar-refractivity contribution >= 4 is 11.6 Å². The highest BCUT2D eigenvalue weighted by atomic mass is 35.5. The van der Waals surface area contributed by atoms with Crippen LogP contribution in [0.2, 0.25) is 5.02 Å². The second-order valence-electron chi connectivity index (χ2n) is 5.92. The second kappa shape index (κ2) is 8.34. The molecule has 0 aliphatic carbocycles. The predicted octanol–water partition coefficient (Wildman–Crippen LogP) is 4.08. The molecule has 0 heterocycles. The van der Waals surface area contributed by atoms with Crippen molar-refractivity contribution in [3.8, 4) is 5.75 Å². The van der Waals surface area contributed by atoms with Crippen LogP contribution in [0, 0.1) is 6.92 Å². The highest BCUT2D eigenvalue weighted by Gasteiger charge is 2.16. The van der Waals surface area contributed by atoms with E-state index in [1.54, 1.807) is 12.1 Å². The van der Waals surface area contributed by atoms with Crippen LogP contribution in [0.3, 0.4) is 0 Å². The van der Waals surface area contributed by atoms with Crippen LogP contribution in [0.15, 0.2) is 48.5 Å². The van der Waals surface area contributed by atoms with E-state index in [1.807, 2.05) is 19.2 Å². The molecule has 0 bridgehead atoms. The van der Waals surface area contributed by atoms with Gasteiger partial charge in [-0.05, 0) is 38.6 Å². The van der Waals surface area contributed by atoms with Gasteiger partial charge < -0.3 is 9.84 Å². The van der Waals surface area contributed by atoms with Crippen molar-refractivity contribution in [3.63, 3.8) is 0 Å². The lowest BCUT2D eigenvalue weighted by molar-refractivity contribution is 0.0654. The fraction of sp³-hybridized carbons (Fsp3) is 0.368. The molecule has 3 nitrogen and oxygen atoms in total. The van der Waals surface area contributed by atoms with E-state index in [2.05, 4.69) is 43.0 Å². The number of para-hydroxylation sites is 1. The van der Waals surface area contributed by atoms with Gasteiger partial charge in [0.25, 0.3) is 0 Å². The van der Waals surface area contributed by atoms with Gasteiger partial charge in [0.1, 0.15) is 18.5 Å². The summed E-state index contributed by atoms with van der Waals surface area (Å²) in [7, 11) is 2.00. The Bertz CT molecular complexity index is 615. The van der Waals surface area contributed by atoms with Crippen LogP contribution in [-0.4, -0.2) is 36.3 Å². The number of aliphatic hydroxyl groups is 1. The molecule has 2 atom stereocenters. The molecule has 0 aromatic heterocycles. The van der Waals surface area contributed by atoms with E-state index >= 15 is 0 Å². The average Bonchev–Trinajstić information content (AvgIpc) is 2.54. The number of benzene rings is 2. The van der Waals surface area contributed by atoms with Crippen molar-refractivity contribution in [3.05, 3.63) is 64.7 Å².